The molecule has 144 valence electrons. The molecule has 3 aromatic rings. The summed E-state index contributed by atoms with van der Waals surface area (Å²) in [4.78, 5) is 16.5. The SMILES string of the molecule is CCOC(=O)c1ccccc1Nc1cnnc(Nc2ccc(OC)c(Cl)c2)n1. The smallest absolute Gasteiger partial charge is 0.340 e. The number of ether oxygens (including phenoxy) is 2. The number of methoxy groups -OCH3 is 1. The van der Waals surface area contributed by atoms with Gasteiger partial charge in [-0.15, -0.1) is 5.10 Å². The summed E-state index contributed by atoms with van der Waals surface area (Å²) < 4.78 is 10.2. The predicted octanol–water partition coefficient (Wildman–Crippen LogP) is 4.20. The van der Waals surface area contributed by atoms with Gasteiger partial charge in [0.2, 0.25) is 5.95 Å². The predicted molar refractivity (Wildman–Crippen MR) is 107 cm³/mol. The molecule has 0 unspecified atom stereocenters. The van der Waals surface area contributed by atoms with Gasteiger partial charge in [-0.2, -0.15) is 10.1 Å². The fourth-order valence-corrected chi connectivity index (χ4v) is 2.66. The van der Waals surface area contributed by atoms with Crippen LogP contribution in [-0.4, -0.2) is 34.9 Å². The number of esters is 1. The average Bonchev–Trinajstić information content (AvgIpc) is 2.69. The number of nitrogens with one attached hydrogen (secondary N) is 2. The molecule has 1 heterocycles. The molecule has 0 radical (unpaired) electrons. The van der Waals surface area contributed by atoms with Crippen LogP contribution < -0.4 is 15.4 Å². The molecule has 0 fully saturated rings. The van der Waals surface area contributed by atoms with E-state index in [4.69, 9.17) is 21.1 Å². The van der Waals surface area contributed by atoms with E-state index in [2.05, 4.69) is 25.8 Å². The summed E-state index contributed by atoms with van der Waals surface area (Å²) in [5, 5.41) is 14.4. The first-order chi connectivity index (χ1) is 13.6. The highest BCUT2D eigenvalue weighted by Crippen LogP contribution is 2.28. The highest BCUT2D eigenvalue weighted by molar-refractivity contribution is 6.32. The van der Waals surface area contributed by atoms with Gasteiger partial charge in [0.05, 0.1) is 36.2 Å². The van der Waals surface area contributed by atoms with E-state index < -0.39 is 5.97 Å². The zero-order chi connectivity index (χ0) is 19.9. The Bertz CT molecular complexity index is 983. The fourth-order valence-electron chi connectivity index (χ4n) is 2.41. The Balaban J connectivity index is 1.79. The van der Waals surface area contributed by atoms with Gasteiger partial charge in [-0.05, 0) is 37.3 Å². The summed E-state index contributed by atoms with van der Waals surface area (Å²) in [7, 11) is 1.55. The standard InChI is InChI=1S/C19H18ClN5O3/c1-3-28-18(26)13-6-4-5-7-15(13)23-17-11-21-25-19(24-17)22-12-8-9-16(27-2)14(20)10-12/h4-11H,3H2,1-2H3,(H2,22,23,24,25). The molecule has 0 amide bonds. The van der Waals surface area contributed by atoms with Crippen LogP contribution in [0.2, 0.25) is 5.02 Å². The number of benzene rings is 2. The van der Waals surface area contributed by atoms with Crippen molar-refractivity contribution in [1.29, 1.82) is 0 Å². The number of hydrogen-bond donors (Lipinski definition) is 2. The van der Waals surface area contributed by atoms with Crippen LogP contribution in [0.15, 0.2) is 48.7 Å². The van der Waals surface area contributed by atoms with Gasteiger partial charge in [0.25, 0.3) is 0 Å². The minimum absolute atomic E-state index is 0.264. The van der Waals surface area contributed by atoms with Crippen molar-refractivity contribution in [3.63, 3.8) is 0 Å². The highest BCUT2D eigenvalue weighted by atomic mass is 35.5. The highest BCUT2D eigenvalue weighted by Gasteiger charge is 2.13. The van der Waals surface area contributed by atoms with Crippen LogP contribution in [0.4, 0.5) is 23.1 Å². The van der Waals surface area contributed by atoms with E-state index in [9.17, 15) is 4.79 Å². The molecule has 0 bridgehead atoms. The molecular formula is C19H18ClN5O3. The molecule has 9 heteroatoms. The maximum absolute atomic E-state index is 12.1. The van der Waals surface area contributed by atoms with Gasteiger partial charge in [0.15, 0.2) is 5.82 Å². The largest absolute Gasteiger partial charge is 0.495 e. The summed E-state index contributed by atoms with van der Waals surface area (Å²) in [6.07, 6.45) is 1.45. The molecule has 2 N–H and O–H groups in total. The van der Waals surface area contributed by atoms with Gasteiger partial charge in [0, 0.05) is 5.69 Å². The molecule has 0 atom stereocenters. The van der Waals surface area contributed by atoms with E-state index in [1.54, 1.807) is 56.5 Å². The van der Waals surface area contributed by atoms with Crippen LogP contribution in [0.5, 0.6) is 5.75 Å². The Morgan fingerprint density at radius 3 is 2.75 bits per heavy atom. The number of carbonyl (C=O) groups excluding carboxylic acids is 1. The molecule has 0 saturated carbocycles. The number of aromatic nitrogens is 3. The van der Waals surface area contributed by atoms with Gasteiger partial charge in [-0.3, -0.25) is 0 Å². The van der Waals surface area contributed by atoms with Gasteiger partial charge in [-0.25, -0.2) is 4.79 Å². The summed E-state index contributed by atoms with van der Waals surface area (Å²) >= 11 is 6.13. The van der Waals surface area contributed by atoms with Crippen molar-refractivity contribution in [1.82, 2.24) is 15.2 Å². The quantitative estimate of drug-likeness (QED) is 0.570. The first-order valence-corrected chi connectivity index (χ1v) is 8.82. The van der Waals surface area contributed by atoms with E-state index in [-0.39, 0.29) is 5.95 Å². The second-order valence-corrected chi connectivity index (χ2v) is 5.94. The minimum atomic E-state index is -0.418. The van der Waals surface area contributed by atoms with Crippen LogP contribution in [-0.2, 0) is 4.74 Å². The molecule has 2 aromatic carbocycles. The number of nitrogens with zero attached hydrogens (tertiary/aromatic N) is 3. The van der Waals surface area contributed by atoms with Gasteiger partial charge >= 0.3 is 5.97 Å². The van der Waals surface area contributed by atoms with E-state index in [0.29, 0.717) is 40.1 Å². The topological polar surface area (TPSA) is 98.3 Å². The van der Waals surface area contributed by atoms with E-state index in [1.807, 2.05) is 0 Å². The van der Waals surface area contributed by atoms with Crippen molar-refractivity contribution < 1.29 is 14.3 Å². The van der Waals surface area contributed by atoms with Crippen molar-refractivity contribution in [3.05, 3.63) is 59.2 Å². The van der Waals surface area contributed by atoms with Gasteiger partial charge in [0.1, 0.15) is 5.75 Å². The maximum Gasteiger partial charge on any atom is 0.340 e. The molecule has 8 nitrogen and oxygen atoms in total. The number of hydrogen-bond acceptors (Lipinski definition) is 8. The van der Waals surface area contributed by atoms with Crippen molar-refractivity contribution in [2.45, 2.75) is 6.92 Å². The van der Waals surface area contributed by atoms with Crippen molar-refractivity contribution in [3.8, 4) is 5.75 Å². The fraction of sp³-hybridized carbons (Fsp3) is 0.158. The molecule has 28 heavy (non-hydrogen) atoms. The molecule has 0 spiro atoms. The summed E-state index contributed by atoms with van der Waals surface area (Å²) in [6.45, 7) is 2.05. The third-order valence-corrected chi connectivity index (χ3v) is 3.95. The van der Waals surface area contributed by atoms with Crippen LogP contribution in [0, 0.1) is 0 Å². The molecule has 1 aromatic heterocycles. The van der Waals surface area contributed by atoms with Crippen LogP contribution in [0.1, 0.15) is 17.3 Å². The first kappa shape index (κ1) is 19.4. The van der Waals surface area contributed by atoms with E-state index in [1.165, 1.54) is 6.20 Å². The lowest BCUT2D eigenvalue weighted by Crippen LogP contribution is -2.09. The number of para-hydroxylation sites is 1. The molecule has 0 aliphatic rings. The lowest BCUT2D eigenvalue weighted by atomic mass is 10.2. The third kappa shape index (κ3) is 4.66. The summed E-state index contributed by atoms with van der Waals surface area (Å²) in [5.41, 5.74) is 1.64. The average molecular weight is 400 g/mol. The van der Waals surface area contributed by atoms with E-state index in [0.717, 1.165) is 0 Å². The summed E-state index contributed by atoms with van der Waals surface area (Å²) in [5.74, 6) is 0.824. The monoisotopic (exact) mass is 399 g/mol. The Morgan fingerprint density at radius 2 is 2.00 bits per heavy atom. The van der Waals surface area contributed by atoms with E-state index >= 15 is 0 Å². The van der Waals surface area contributed by atoms with Gasteiger partial charge in [-0.1, -0.05) is 23.7 Å². The van der Waals surface area contributed by atoms with Crippen LogP contribution >= 0.6 is 11.6 Å². The van der Waals surface area contributed by atoms with Crippen LogP contribution in [0.25, 0.3) is 0 Å². The molecule has 0 aliphatic carbocycles. The number of anilines is 4. The zero-order valence-electron chi connectivity index (χ0n) is 15.3. The Morgan fingerprint density at radius 1 is 1.18 bits per heavy atom. The Labute approximate surface area is 166 Å². The molecule has 0 saturated heterocycles. The second kappa shape index (κ2) is 9.01. The lowest BCUT2D eigenvalue weighted by Gasteiger charge is -2.11. The normalized spacial score (nSPS) is 10.2. The van der Waals surface area contributed by atoms with Crippen LogP contribution in [0.3, 0.4) is 0 Å². The number of carbonyl (C=O) groups is 1. The second-order valence-electron chi connectivity index (χ2n) is 5.53. The molecule has 3 rings (SSSR count). The lowest BCUT2D eigenvalue weighted by molar-refractivity contribution is 0.0527. The zero-order valence-corrected chi connectivity index (χ0v) is 16.0. The first-order valence-electron chi connectivity index (χ1n) is 8.44. The number of halogens is 1. The maximum atomic E-state index is 12.1. The summed E-state index contributed by atoms with van der Waals surface area (Å²) in [6, 6.07) is 12.2. The number of rotatable bonds is 7. The third-order valence-electron chi connectivity index (χ3n) is 3.65. The van der Waals surface area contributed by atoms with Crippen molar-refractivity contribution in [2.75, 3.05) is 24.4 Å². The molecular weight excluding hydrogens is 382 g/mol. The Hall–Kier alpha value is -3.39. The molecule has 0 aliphatic heterocycles. The van der Waals surface area contributed by atoms with Gasteiger partial charge < -0.3 is 20.1 Å². The minimum Gasteiger partial charge on any atom is -0.495 e. The Kier molecular flexibility index (Phi) is 6.23. The van der Waals surface area contributed by atoms with Crippen molar-refractivity contribution >= 4 is 40.7 Å². The van der Waals surface area contributed by atoms with Crippen molar-refractivity contribution in [2.24, 2.45) is 0 Å².